The van der Waals surface area contributed by atoms with Crippen LogP contribution in [-0.4, -0.2) is 52.8 Å². The van der Waals surface area contributed by atoms with Gasteiger partial charge >= 0.3 is 12.1 Å². The van der Waals surface area contributed by atoms with E-state index < -0.39 is 23.7 Å². The van der Waals surface area contributed by atoms with Gasteiger partial charge in [0.15, 0.2) is 0 Å². The number of carbonyl (C=O) groups is 2. The van der Waals surface area contributed by atoms with Crippen molar-refractivity contribution >= 4 is 12.1 Å². The Labute approximate surface area is 146 Å². The van der Waals surface area contributed by atoms with Crippen LogP contribution in [0.15, 0.2) is 0 Å². The molecule has 2 atom stereocenters. The number of nitrogens with zero attached hydrogens (tertiary/aromatic N) is 1. The van der Waals surface area contributed by atoms with Crippen LogP contribution < -0.4 is 5.32 Å². The van der Waals surface area contributed by atoms with E-state index in [4.69, 9.17) is 4.74 Å². The van der Waals surface area contributed by atoms with Crippen molar-refractivity contribution in [1.29, 1.82) is 0 Å². The SMILES string of the molecule is CCCC[C@@H](C(=O)O)N(CCCC)C[C@@H](C)NC(=O)OC(C)(C)C. The maximum absolute atomic E-state index is 11.9. The van der Waals surface area contributed by atoms with Gasteiger partial charge in [-0.3, -0.25) is 9.69 Å². The zero-order valence-electron chi connectivity index (χ0n) is 16.2. The summed E-state index contributed by atoms with van der Waals surface area (Å²) in [5.74, 6) is -0.788. The largest absolute Gasteiger partial charge is 0.480 e. The molecule has 0 aliphatic rings. The molecular weight excluding hydrogens is 308 g/mol. The molecule has 0 rings (SSSR count). The summed E-state index contributed by atoms with van der Waals surface area (Å²) in [6.45, 7) is 12.7. The number of carboxylic acid groups (broad SMARTS) is 1. The molecule has 142 valence electrons. The molecule has 0 heterocycles. The van der Waals surface area contributed by atoms with Gasteiger partial charge < -0.3 is 15.2 Å². The van der Waals surface area contributed by atoms with Crippen molar-refractivity contribution in [1.82, 2.24) is 10.2 Å². The number of aliphatic carboxylic acids is 1. The molecule has 0 aliphatic heterocycles. The normalized spacial score (nSPS) is 14.3. The van der Waals surface area contributed by atoms with Gasteiger partial charge in [-0.1, -0.05) is 33.1 Å². The first-order valence-corrected chi connectivity index (χ1v) is 9.07. The van der Waals surface area contributed by atoms with E-state index >= 15 is 0 Å². The summed E-state index contributed by atoms with van der Waals surface area (Å²) in [6.07, 6.45) is 3.96. The highest BCUT2D eigenvalue weighted by molar-refractivity contribution is 5.73. The molecular formula is C18H36N2O4. The van der Waals surface area contributed by atoms with Gasteiger partial charge in [0.2, 0.25) is 0 Å². The summed E-state index contributed by atoms with van der Waals surface area (Å²) in [6, 6.07) is -0.681. The molecule has 0 bridgehead atoms. The second-order valence-corrected chi connectivity index (χ2v) is 7.39. The predicted molar refractivity (Wildman–Crippen MR) is 96.3 cm³/mol. The number of unbranched alkanes of at least 4 members (excludes halogenated alkanes) is 2. The zero-order valence-corrected chi connectivity index (χ0v) is 16.2. The molecule has 0 spiro atoms. The van der Waals surface area contributed by atoms with E-state index in [1.807, 2.05) is 32.6 Å². The van der Waals surface area contributed by atoms with Gasteiger partial charge in [0, 0.05) is 12.6 Å². The molecule has 1 amide bonds. The summed E-state index contributed by atoms with van der Waals surface area (Å²) in [4.78, 5) is 25.5. The molecule has 0 aromatic heterocycles. The van der Waals surface area contributed by atoms with Crippen LogP contribution >= 0.6 is 0 Å². The summed E-state index contributed by atoms with van der Waals surface area (Å²) < 4.78 is 5.26. The average molecular weight is 344 g/mol. The fourth-order valence-corrected chi connectivity index (χ4v) is 2.50. The van der Waals surface area contributed by atoms with Crippen molar-refractivity contribution in [2.75, 3.05) is 13.1 Å². The molecule has 0 aromatic carbocycles. The fourth-order valence-electron chi connectivity index (χ4n) is 2.50. The van der Waals surface area contributed by atoms with Crippen LogP contribution in [-0.2, 0) is 9.53 Å². The van der Waals surface area contributed by atoms with Crippen molar-refractivity contribution < 1.29 is 19.4 Å². The fraction of sp³-hybridized carbons (Fsp3) is 0.889. The average Bonchev–Trinajstić information content (AvgIpc) is 2.41. The second-order valence-electron chi connectivity index (χ2n) is 7.39. The number of hydrogen-bond donors (Lipinski definition) is 2. The van der Waals surface area contributed by atoms with E-state index in [1.165, 1.54) is 0 Å². The number of amides is 1. The first-order chi connectivity index (χ1) is 11.1. The first-order valence-electron chi connectivity index (χ1n) is 9.07. The number of carbonyl (C=O) groups excluding carboxylic acids is 1. The molecule has 0 aromatic rings. The molecule has 2 N–H and O–H groups in total. The minimum Gasteiger partial charge on any atom is -0.480 e. The Morgan fingerprint density at radius 2 is 1.75 bits per heavy atom. The highest BCUT2D eigenvalue weighted by Crippen LogP contribution is 2.12. The van der Waals surface area contributed by atoms with Gasteiger partial charge in [0.25, 0.3) is 0 Å². The number of ether oxygens (including phenoxy) is 1. The molecule has 0 fully saturated rings. The standard InChI is InChI=1S/C18H36N2O4/c1-7-9-11-15(16(21)22)20(12-10-8-2)13-14(3)19-17(23)24-18(4,5)6/h14-15H,7-13H2,1-6H3,(H,19,23)(H,21,22)/t14-,15+/m1/s1. The van der Waals surface area contributed by atoms with E-state index in [0.29, 0.717) is 13.0 Å². The number of nitrogens with one attached hydrogen (secondary N) is 1. The monoisotopic (exact) mass is 344 g/mol. The smallest absolute Gasteiger partial charge is 0.407 e. The van der Waals surface area contributed by atoms with Crippen LogP contribution in [0, 0.1) is 0 Å². The highest BCUT2D eigenvalue weighted by atomic mass is 16.6. The number of alkyl carbamates (subject to hydrolysis) is 1. The molecule has 6 nitrogen and oxygen atoms in total. The molecule has 0 saturated carbocycles. The molecule has 6 heteroatoms. The summed E-state index contributed by atoms with van der Waals surface area (Å²) >= 11 is 0. The lowest BCUT2D eigenvalue weighted by molar-refractivity contribution is -0.143. The van der Waals surface area contributed by atoms with Crippen molar-refractivity contribution in [3.8, 4) is 0 Å². The Morgan fingerprint density at radius 3 is 2.21 bits per heavy atom. The molecule has 0 aliphatic carbocycles. The number of carboxylic acids is 1. The lowest BCUT2D eigenvalue weighted by atomic mass is 10.1. The van der Waals surface area contributed by atoms with Crippen molar-refractivity contribution in [2.24, 2.45) is 0 Å². The third kappa shape index (κ3) is 10.5. The summed E-state index contributed by atoms with van der Waals surface area (Å²) in [5, 5.41) is 12.4. The lowest BCUT2D eigenvalue weighted by Gasteiger charge is -2.31. The van der Waals surface area contributed by atoms with Crippen LogP contribution in [0.1, 0.15) is 73.6 Å². The Bertz CT molecular complexity index is 380. The van der Waals surface area contributed by atoms with Crippen molar-refractivity contribution in [2.45, 2.75) is 91.3 Å². The zero-order chi connectivity index (χ0) is 18.8. The minimum absolute atomic E-state index is 0.180. The van der Waals surface area contributed by atoms with Gasteiger partial charge in [-0.15, -0.1) is 0 Å². The van der Waals surface area contributed by atoms with Crippen LogP contribution in [0.5, 0.6) is 0 Å². The Morgan fingerprint density at radius 1 is 1.17 bits per heavy atom. The highest BCUT2D eigenvalue weighted by Gasteiger charge is 2.27. The lowest BCUT2D eigenvalue weighted by Crippen LogP contribution is -2.49. The Hall–Kier alpha value is -1.30. The van der Waals surface area contributed by atoms with E-state index in [2.05, 4.69) is 19.2 Å². The van der Waals surface area contributed by atoms with Crippen LogP contribution in [0.25, 0.3) is 0 Å². The topological polar surface area (TPSA) is 78.9 Å². The molecule has 0 saturated heterocycles. The van der Waals surface area contributed by atoms with E-state index in [9.17, 15) is 14.7 Å². The summed E-state index contributed by atoms with van der Waals surface area (Å²) in [7, 11) is 0. The minimum atomic E-state index is -0.788. The quantitative estimate of drug-likeness (QED) is 0.598. The van der Waals surface area contributed by atoms with Gasteiger partial charge in [0.05, 0.1) is 0 Å². The first kappa shape index (κ1) is 22.7. The third-order valence-electron chi connectivity index (χ3n) is 3.63. The van der Waals surface area contributed by atoms with E-state index in [0.717, 1.165) is 32.2 Å². The van der Waals surface area contributed by atoms with Crippen molar-refractivity contribution in [3.63, 3.8) is 0 Å². The Kier molecular flexibility index (Phi) is 10.7. The van der Waals surface area contributed by atoms with Gasteiger partial charge in [-0.25, -0.2) is 4.79 Å². The number of hydrogen-bond acceptors (Lipinski definition) is 4. The van der Waals surface area contributed by atoms with E-state index in [1.54, 1.807) is 0 Å². The maximum atomic E-state index is 11.9. The second kappa shape index (κ2) is 11.3. The van der Waals surface area contributed by atoms with Gasteiger partial charge in [0.1, 0.15) is 11.6 Å². The van der Waals surface area contributed by atoms with E-state index in [-0.39, 0.29) is 6.04 Å². The maximum Gasteiger partial charge on any atom is 0.407 e. The predicted octanol–water partition coefficient (Wildman–Crippen LogP) is 3.65. The molecule has 0 unspecified atom stereocenters. The Balaban J connectivity index is 4.79. The van der Waals surface area contributed by atoms with Crippen LogP contribution in [0.4, 0.5) is 4.79 Å². The third-order valence-corrected chi connectivity index (χ3v) is 3.63. The van der Waals surface area contributed by atoms with Crippen LogP contribution in [0.2, 0.25) is 0 Å². The van der Waals surface area contributed by atoms with Crippen LogP contribution in [0.3, 0.4) is 0 Å². The van der Waals surface area contributed by atoms with Crippen molar-refractivity contribution in [3.05, 3.63) is 0 Å². The molecule has 24 heavy (non-hydrogen) atoms. The summed E-state index contributed by atoms with van der Waals surface area (Å²) in [5.41, 5.74) is -0.545. The van der Waals surface area contributed by atoms with Gasteiger partial charge in [-0.2, -0.15) is 0 Å². The van der Waals surface area contributed by atoms with Gasteiger partial charge in [-0.05, 0) is 47.1 Å². The molecule has 0 radical (unpaired) electrons. The number of rotatable bonds is 11.